The summed E-state index contributed by atoms with van der Waals surface area (Å²) in [5.74, 6) is 2.66. The van der Waals surface area contributed by atoms with E-state index in [0.29, 0.717) is 47.1 Å². The van der Waals surface area contributed by atoms with Crippen molar-refractivity contribution in [1.29, 1.82) is 0 Å². The largest absolute Gasteiger partial charge is 0.478 e. The van der Waals surface area contributed by atoms with Crippen LogP contribution < -0.4 is 10.6 Å². The highest BCUT2D eigenvalue weighted by Gasteiger charge is 3.11. The maximum atomic E-state index is 13.4. The predicted molar refractivity (Wildman–Crippen MR) is 125 cm³/mol. The molecule has 6 nitrogen and oxygen atoms in total. The first kappa shape index (κ1) is 19.6. The van der Waals surface area contributed by atoms with Gasteiger partial charge in [0.25, 0.3) is 0 Å². The quantitative estimate of drug-likeness (QED) is 0.535. The number of hydrogen-bond donors (Lipinski definition) is 4. The molecule has 7 fully saturated rings. The topological polar surface area (TPSA) is 98.7 Å². The monoisotopic (exact) mass is 456 g/mol. The van der Waals surface area contributed by atoms with Crippen molar-refractivity contribution in [1.82, 2.24) is 5.32 Å². The van der Waals surface area contributed by atoms with Gasteiger partial charge in [-0.3, -0.25) is 4.79 Å². The summed E-state index contributed by atoms with van der Waals surface area (Å²) in [7, 11) is 0. The van der Waals surface area contributed by atoms with Crippen molar-refractivity contribution in [3.05, 3.63) is 53.6 Å². The molecule has 0 atom stereocenters. The molecule has 6 saturated carbocycles. The Labute approximate surface area is 197 Å². The molecule has 6 aliphatic carbocycles. The molecule has 4 N–H and O–H groups in total. The molecule has 34 heavy (non-hydrogen) atoms. The molecule has 1 aliphatic heterocycles. The third-order valence-electron chi connectivity index (χ3n) is 11.0. The first-order valence-electron chi connectivity index (χ1n) is 12.6. The highest BCUT2D eigenvalue weighted by molar-refractivity contribution is 6.03. The van der Waals surface area contributed by atoms with E-state index >= 15 is 0 Å². The summed E-state index contributed by atoms with van der Waals surface area (Å²) in [6.07, 6.45) is 2.27. The number of carboxylic acid groups (broad SMARTS) is 1. The number of piperidine rings is 1. The fourth-order valence-corrected chi connectivity index (χ4v) is 9.85. The van der Waals surface area contributed by atoms with Crippen molar-refractivity contribution in [3.8, 4) is 11.1 Å². The Balaban J connectivity index is 1.06. The molecule has 1 heterocycles. The van der Waals surface area contributed by atoms with Crippen LogP contribution in [-0.4, -0.2) is 41.8 Å². The van der Waals surface area contributed by atoms with Crippen molar-refractivity contribution >= 4 is 17.6 Å². The molecule has 1 amide bonds. The average Bonchev–Trinajstić information content (AvgIpc) is 2.88. The van der Waals surface area contributed by atoms with E-state index in [2.05, 4.69) is 34.9 Å². The van der Waals surface area contributed by atoms with E-state index in [-0.39, 0.29) is 28.9 Å². The molecule has 2 aromatic rings. The number of benzene rings is 2. The van der Waals surface area contributed by atoms with Gasteiger partial charge in [-0.2, -0.15) is 0 Å². The Hall–Kier alpha value is -2.70. The summed E-state index contributed by atoms with van der Waals surface area (Å²) in [5, 5.41) is 26.0. The Morgan fingerprint density at radius 1 is 0.912 bits per heavy atom. The van der Waals surface area contributed by atoms with E-state index in [9.17, 15) is 19.8 Å². The van der Waals surface area contributed by atoms with Gasteiger partial charge in [0.2, 0.25) is 5.91 Å². The minimum absolute atomic E-state index is 0.0669. The van der Waals surface area contributed by atoms with E-state index in [0.717, 1.165) is 37.1 Å². The average molecular weight is 457 g/mol. The fourth-order valence-electron chi connectivity index (χ4n) is 9.85. The van der Waals surface area contributed by atoms with E-state index < -0.39 is 5.97 Å². The number of carbonyl (C=O) groups is 2. The van der Waals surface area contributed by atoms with Gasteiger partial charge >= 0.3 is 5.97 Å². The summed E-state index contributed by atoms with van der Waals surface area (Å²) >= 11 is 0. The van der Waals surface area contributed by atoms with E-state index in [1.54, 1.807) is 12.1 Å². The second-order valence-corrected chi connectivity index (χ2v) is 11.6. The zero-order valence-corrected chi connectivity index (χ0v) is 18.8. The summed E-state index contributed by atoms with van der Waals surface area (Å²) in [5.41, 5.74) is 3.79. The maximum Gasteiger partial charge on any atom is 0.335 e. The van der Waals surface area contributed by atoms with Crippen LogP contribution in [0.4, 0.5) is 5.69 Å². The van der Waals surface area contributed by atoms with Crippen molar-refractivity contribution in [2.75, 3.05) is 25.0 Å². The Morgan fingerprint density at radius 3 is 2.15 bits per heavy atom. The third-order valence-corrected chi connectivity index (χ3v) is 11.0. The Morgan fingerprint density at radius 2 is 1.56 bits per heavy atom. The number of carbonyl (C=O) groups excluding carboxylic acids is 1. The summed E-state index contributed by atoms with van der Waals surface area (Å²) in [6, 6.07) is 13.6. The molecule has 2 aromatic carbocycles. The van der Waals surface area contributed by atoms with Crippen LogP contribution in [-0.2, 0) is 4.79 Å². The van der Waals surface area contributed by atoms with Gasteiger partial charge in [0.05, 0.1) is 11.0 Å². The van der Waals surface area contributed by atoms with Crippen LogP contribution >= 0.6 is 0 Å². The number of hydrogen-bond acceptors (Lipinski definition) is 4. The van der Waals surface area contributed by atoms with Gasteiger partial charge < -0.3 is 20.8 Å². The first-order valence-corrected chi connectivity index (χ1v) is 12.6. The summed E-state index contributed by atoms with van der Waals surface area (Å²) in [4.78, 5) is 25.3. The van der Waals surface area contributed by atoms with Gasteiger partial charge in [0.1, 0.15) is 0 Å². The zero-order chi connectivity index (χ0) is 23.0. The van der Waals surface area contributed by atoms with E-state index in [1.807, 2.05) is 6.07 Å². The Bertz CT molecular complexity index is 1210. The number of anilines is 1. The third kappa shape index (κ3) is 1.86. The van der Waals surface area contributed by atoms with Crippen LogP contribution in [0.2, 0.25) is 0 Å². The molecule has 1 saturated heterocycles. The van der Waals surface area contributed by atoms with Crippen LogP contribution in [0.1, 0.15) is 34.7 Å². The van der Waals surface area contributed by atoms with Crippen LogP contribution in [0.5, 0.6) is 0 Å². The normalized spacial score (nSPS) is 41.7. The van der Waals surface area contributed by atoms with E-state index in [1.165, 1.54) is 5.56 Å². The molecular formula is C28H28N2O4. The van der Waals surface area contributed by atoms with Gasteiger partial charge in [0.15, 0.2) is 0 Å². The van der Waals surface area contributed by atoms with Gasteiger partial charge in [-0.05, 0) is 102 Å². The second-order valence-electron chi connectivity index (χ2n) is 11.6. The SMILES string of the molecule is O=C(O)c1cc(NC(=O)C23C4C5C2C2C3C4C52CO)cc(-c2ccc(C3CCNCC3)cc2)c1. The van der Waals surface area contributed by atoms with Gasteiger partial charge in [-0.1, -0.05) is 24.3 Å². The lowest BCUT2D eigenvalue weighted by Gasteiger charge is -3.10. The van der Waals surface area contributed by atoms with E-state index in [4.69, 9.17) is 0 Å². The highest BCUT2D eigenvalue weighted by Crippen LogP contribution is 3.10. The number of aliphatic hydroxyl groups excluding tert-OH is 1. The molecule has 0 spiro atoms. The van der Waals surface area contributed by atoms with Crippen molar-refractivity contribution in [2.24, 2.45) is 46.3 Å². The molecule has 0 bridgehead atoms. The number of carboxylic acids is 1. The number of amides is 1. The van der Waals surface area contributed by atoms with Crippen molar-refractivity contribution in [2.45, 2.75) is 18.8 Å². The molecule has 0 unspecified atom stereocenters. The smallest absolute Gasteiger partial charge is 0.335 e. The molecule has 0 radical (unpaired) electrons. The predicted octanol–water partition coefficient (Wildman–Crippen LogP) is 3.19. The molecule has 9 rings (SSSR count). The number of rotatable bonds is 6. The minimum atomic E-state index is -0.995. The lowest BCUT2D eigenvalue weighted by Crippen LogP contribution is -3.11. The van der Waals surface area contributed by atoms with Crippen LogP contribution in [0.25, 0.3) is 11.1 Å². The minimum Gasteiger partial charge on any atom is -0.478 e. The summed E-state index contributed by atoms with van der Waals surface area (Å²) < 4.78 is 0. The van der Waals surface area contributed by atoms with Crippen LogP contribution in [0.15, 0.2) is 42.5 Å². The molecule has 0 aromatic heterocycles. The van der Waals surface area contributed by atoms with Gasteiger partial charge in [-0.25, -0.2) is 4.79 Å². The number of aliphatic hydroxyl groups is 1. The van der Waals surface area contributed by atoms with Gasteiger partial charge in [0, 0.05) is 17.7 Å². The fraction of sp³-hybridized carbons (Fsp3) is 0.500. The molecule has 7 aliphatic rings. The van der Waals surface area contributed by atoms with Crippen LogP contribution in [0.3, 0.4) is 0 Å². The molecule has 6 heteroatoms. The standard InChI is InChI=1S/C28H28N2O4/c31-12-27-19-22-20(27)24-21(27)23(19)28(22,24)26(34)30-18-10-16(9-17(11-18)25(32)33)14-3-1-13(2-4-14)15-5-7-29-8-6-15/h1-4,9-11,15,19-24,29,31H,5-8,12H2,(H,30,34)(H,32,33). The lowest BCUT2D eigenvalue weighted by atomic mass is 8.92. The highest BCUT2D eigenvalue weighted by atomic mass is 16.4. The van der Waals surface area contributed by atoms with Gasteiger partial charge in [-0.15, -0.1) is 0 Å². The Kier molecular flexibility index (Phi) is 3.51. The number of nitrogens with one attached hydrogen (secondary N) is 2. The van der Waals surface area contributed by atoms with Crippen LogP contribution in [0, 0.1) is 46.3 Å². The maximum absolute atomic E-state index is 13.4. The number of aromatic carboxylic acids is 1. The summed E-state index contributed by atoms with van der Waals surface area (Å²) in [6.45, 7) is 2.38. The van der Waals surface area contributed by atoms with Crippen molar-refractivity contribution < 1.29 is 19.8 Å². The molecular weight excluding hydrogens is 428 g/mol. The first-order chi connectivity index (χ1) is 16.5. The van der Waals surface area contributed by atoms with Crippen molar-refractivity contribution in [3.63, 3.8) is 0 Å². The zero-order valence-electron chi connectivity index (χ0n) is 18.8. The lowest BCUT2D eigenvalue weighted by molar-refractivity contribution is -0.643. The molecule has 174 valence electrons. The second kappa shape index (κ2) is 6.10.